The number of likely N-dealkylation sites (N-methyl/N-ethyl adjacent to an activating group) is 3. The van der Waals surface area contributed by atoms with Gasteiger partial charge >= 0.3 is 0 Å². The van der Waals surface area contributed by atoms with Crippen LogP contribution in [-0.2, 0) is 27.2 Å². The summed E-state index contributed by atoms with van der Waals surface area (Å²) in [6.45, 7) is 3.78. The first-order chi connectivity index (χ1) is 18.9. The highest BCUT2D eigenvalue weighted by Crippen LogP contribution is 2.20. The van der Waals surface area contributed by atoms with E-state index < -0.39 is 17.6 Å². The van der Waals surface area contributed by atoms with Gasteiger partial charge in [0.05, 0.1) is 0 Å². The van der Waals surface area contributed by atoms with Crippen LogP contribution in [0.5, 0.6) is 0 Å². The lowest BCUT2D eigenvalue weighted by atomic mass is 9.98. The number of fused-ring (bicyclic) bond motifs is 1. The summed E-state index contributed by atoms with van der Waals surface area (Å²) in [6, 6.07) is 22.2. The molecule has 0 bridgehead atoms. The minimum absolute atomic E-state index is 0.178. The van der Waals surface area contributed by atoms with Crippen LogP contribution in [0.2, 0.25) is 0 Å². The van der Waals surface area contributed by atoms with Crippen LogP contribution in [0.4, 0.5) is 0 Å². The van der Waals surface area contributed by atoms with Crippen LogP contribution in [0, 0.1) is 0 Å². The molecule has 0 saturated heterocycles. The summed E-state index contributed by atoms with van der Waals surface area (Å²) < 4.78 is 0. The van der Waals surface area contributed by atoms with Gasteiger partial charge in [-0.15, -0.1) is 0 Å². The van der Waals surface area contributed by atoms with E-state index in [-0.39, 0.29) is 17.7 Å². The number of rotatable bonds is 11. The first-order valence-electron chi connectivity index (χ1n) is 13.6. The maximum atomic E-state index is 14.2. The minimum atomic E-state index is -0.817. The molecule has 3 aromatic rings. The Morgan fingerprint density at radius 1 is 0.750 bits per heavy atom. The number of amides is 3. The summed E-state index contributed by atoms with van der Waals surface area (Å²) in [7, 11) is 6.66. The molecule has 0 aliphatic carbocycles. The summed E-state index contributed by atoms with van der Waals surface area (Å²) in [5.41, 5.74) is 7.49. The zero-order valence-corrected chi connectivity index (χ0v) is 24.5. The Balaban J connectivity index is 1.95. The molecule has 0 unspecified atom stereocenters. The molecule has 7 heteroatoms. The summed E-state index contributed by atoms with van der Waals surface area (Å²) in [4.78, 5) is 45.2. The molecule has 0 aliphatic rings. The monoisotopic (exact) mass is 542 g/mol. The van der Waals surface area contributed by atoms with Crippen LogP contribution in [-0.4, -0.2) is 78.2 Å². The Kier molecular flexibility index (Phi) is 10.2. The highest BCUT2D eigenvalue weighted by atomic mass is 16.2. The van der Waals surface area contributed by atoms with Gasteiger partial charge in [0.1, 0.15) is 12.1 Å². The van der Waals surface area contributed by atoms with Crippen molar-refractivity contribution in [2.24, 2.45) is 5.73 Å². The SMILES string of the molecule is CN(C)C(=O)[C@@H](Cc1ccccc1)N(C)C(=O)[C@@H](Cc1ccc2ccccc2c1)N(C)C(=O)C=CCC(C)(C)N. The molecule has 3 rings (SSSR count). The van der Waals surface area contributed by atoms with Gasteiger partial charge in [0.25, 0.3) is 0 Å². The second-order valence-electron chi connectivity index (χ2n) is 11.3. The molecule has 0 heterocycles. The second kappa shape index (κ2) is 13.4. The Hall–Kier alpha value is -3.97. The summed E-state index contributed by atoms with van der Waals surface area (Å²) in [5, 5.41) is 2.16. The van der Waals surface area contributed by atoms with Crippen molar-refractivity contribution in [2.75, 3.05) is 28.2 Å². The highest BCUT2D eigenvalue weighted by Gasteiger charge is 2.35. The van der Waals surface area contributed by atoms with Gasteiger partial charge in [0, 0.05) is 46.6 Å². The normalized spacial score (nSPS) is 13.2. The van der Waals surface area contributed by atoms with Crippen LogP contribution in [0.25, 0.3) is 10.8 Å². The summed E-state index contributed by atoms with van der Waals surface area (Å²) >= 11 is 0. The number of hydrogen-bond acceptors (Lipinski definition) is 4. The zero-order chi connectivity index (χ0) is 29.4. The predicted octanol–water partition coefficient (Wildman–Crippen LogP) is 4.05. The number of nitrogens with two attached hydrogens (primary N) is 1. The second-order valence-corrected chi connectivity index (χ2v) is 11.3. The molecule has 0 aliphatic heterocycles. The van der Waals surface area contributed by atoms with E-state index >= 15 is 0 Å². The third-order valence-corrected chi connectivity index (χ3v) is 7.06. The van der Waals surface area contributed by atoms with E-state index in [1.807, 2.05) is 86.6 Å². The first-order valence-corrected chi connectivity index (χ1v) is 13.6. The van der Waals surface area contributed by atoms with Crippen molar-refractivity contribution >= 4 is 28.5 Å². The van der Waals surface area contributed by atoms with Gasteiger partial charge in [-0.25, -0.2) is 0 Å². The maximum Gasteiger partial charge on any atom is 0.246 e. The van der Waals surface area contributed by atoms with Crippen LogP contribution in [0.15, 0.2) is 84.9 Å². The van der Waals surface area contributed by atoms with Gasteiger partial charge in [-0.1, -0.05) is 78.9 Å². The predicted molar refractivity (Wildman–Crippen MR) is 162 cm³/mol. The van der Waals surface area contributed by atoms with E-state index in [0.717, 1.165) is 21.9 Å². The average molecular weight is 543 g/mol. The first kappa shape index (κ1) is 30.6. The number of hydrogen-bond donors (Lipinski definition) is 1. The van der Waals surface area contributed by atoms with Crippen molar-refractivity contribution in [1.82, 2.24) is 14.7 Å². The van der Waals surface area contributed by atoms with Crippen molar-refractivity contribution < 1.29 is 14.4 Å². The van der Waals surface area contributed by atoms with Gasteiger partial charge in [0.2, 0.25) is 17.7 Å². The summed E-state index contributed by atoms with van der Waals surface area (Å²) in [5.74, 6) is -0.772. The van der Waals surface area contributed by atoms with Gasteiger partial charge in [0.15, 0.2) is 0 Å². The van der Waals surface area contributed by atoms with Crippen molar-refractivity contribution in [2.45, 2.75) is 50.7 Å². The standard InChI is InChI=1S/C33H42N4O3/c1-33(2,34)20-12-17-30(38)36(5)29(23-25-18-19-26-15-10-11-16-27(26)21-25)32(40)37(6)28(31(39)35(3)4)22-24-13-8-7-9-14-24/h7-19,21,28-29H,20,22-23,34H2,1-6H3/t28-,29-/m1/s1. The van der Waals surface area contributed by atoms with Crippen molar-refractivity contribution in [3.8, 4) is 0 Å². The lowest BCUT2D eigenvalue weighted by molar-refractivity contribution is -0.148. The zero-order valence-electron chi connectivity index (χ0n) is 24.5. The third-order valence-electron chi connectivity index (χ3n) is 7.06. The van der Waals surface area contributed by atoms with Crippen LogP contribution < -0.4 is 5.73 Å². The molecule has 0 spiro atoms. The fourth-order valence-corrected chi connectivity index (χ4v) is 4.63. The molecule has 2 N–H and O–H groups in total. The average Bonchev–Trinajstić information content (AvgIpc) is 2.92. The van der Waals surface area contributed by atoms with Crippen LogP contribution >= 0.6 is 0 Å². The maximum absolute atomic E-state index is 14.2. The van der Waals surface area contributed by atoms with Crippen molar-refractivity contribution in [3.63, 3.8) is 0 Å². The fraction of sp³-hybridized carbons (Fsp3) is 0.364. The van der Waals surface area contributed by atoms with Crippen LogP contribution in [0.3, 0.4) is 0 Å². The van der Waals surface area contributed by atoms with E-state index in [4.69, 9.17) is 5.73 Å². The van der Waals surface area contributed by atoms with Gasteiger partial charge < -0.3 is 20.4 Å². The molecule has 0 radical (unpaired) electrons. The molecule has 3 amide bonds. The lowest BCUT2D eigenvalue weighted by Gasteiger charge is -2.35. The lowest BCUT2D eigenvalue weighted by Crippen LogP contribution is -2.55. The molecule has 2 atom stereocenters. The number of carbonyl (C=O) groups excluding carboxylic acids is 3. The van der Waals surface area contributed by atoms with Crippen LogP contribution in [0.1, 0.15) is 31.4 Å². The Labute approximate surface area is 238 Å². The van der Waals surface area contributed by atoms with E-state index in [1.54, 1.807) is 34.3 Å². The van der Waals surface area contributed by atoms with Gasteiger partial charge in [-0.2, -0.15) is 0 Å². The van der Waals surface area contributed by atoms with Crippen molar-refractivity contribution in [1.29, 1.82) is 0 Å². The Bertz CT molecular complexity index is 1340. The largest absolute Gasteiger partial charge is 0.347 e. The van der Waals surface area contributed by atoms with E-state index in [1.165, 1.54) is 20.8 Å². The molecule has 40 heavy (non-hydrogen) atoms. The smallest absolute Gasteiger partial charge is 0.246 e. The molecule has 3 aromatic carbocycles. The quantitative estimate of drug-likeness (QED) is 0.371. The topological polar surface area (TPSA) is 87.0 Å². The molecule has 0 fully saturated rings. The Morgan fingerprint density at radius 3 is 1.95 bits per heavy atom. The molecular formula is C33H42N4O3. The van der Waals surface area contributed by atoms with E-state index in [2.05, 4.69) is 0 Å². The number of nitrogens with zero attached hydrogens (tertiary/aromatic N) is 3. The van der Waals surface area contributed by atoms with E-state index in [9.17, 15) is 14.4 Å². The van der Waals surface area contributed by atoms with Crippen molar-refractivity contribution in [3.05, 3.63) is 96.1 Å². The van der Waals surface area contributed by atoms with E-state index in [0.29, 0.717) is 19.3 Å². The number of carbonyl (C=O) groups is 3. The van der Waals surface area contributed by atoms with Gasteiger partial charge in [-0.05, 0) is 48.2 Å². The third kappa shape index (κ3) is 8.26. The fourth-order valence-electron chi connectivity index (χ4n) is 4.63. The minimum Gasteiger partial charge on any atom is -0.347 e. The summed E-state index contributed by atoms with van der Waals surface area (Å²) in [6.07, 6.45) is 4.41. The molecule has 0 saturated carbocycles. The number of benzene rings is 3. The molecule has 0 aromatic heterocycles. The molecule has 7 nitrogen and oxygen atoms in total. The molecular weight excluding hydrogens is 500 g/mol. The molecule has 212 valence electrons. The highest BCUT2D eigenvalue weighted by molar-refractivity contribution is 5.95. The van der Waals surface area contributed by atoms with Gasteiger partial charge in [-0.3, -0.25) is 14.4 Å². The Morgan fingerprint density at radius 2 is 1.32 bits per heavy atom.